The fourth-order valence-electron chi connectivity index (χ4n) is 3.04. The first kappa shape index (κ1) is 18.4. The van der Waals surface area contributed by atoms with Crippen LogP contribution in [0, 0.1) is 13.8 Å². The van der Waals surface area contributed by atoms with Crippen LogP contribution in [0.3, 0.4) is 0 Å². The Kier molecular flexibility index (Phi) is 5.07. The van der Waals surface area contributed by atoms with E-state index in [1.54, 1.807) is 28.8 Å². The number of benzene rings is 1. The number of pyridine rings is 1. The third kappa shape index (κ3) is 4.06. The third-order valence-electron chi connectivity index (χ3n) is 4.10. The van der Waals surface area contributed by atoms with Crippen LogP contribution < -0.4 is 5.32 Å². The maximum Gasteiger partial charge on any atom is 0.340 e. The number of amides is 1. The summed E-state index contributed by atoms with van der Waals surface area (Å²) in [6.07, 6.45) is 1.70. The molecule has 1 aromatic carbocycles. The second-order valence-electron chi connectivity index (χ2n) is 6.46. The smallest absolute Gasteiger partial charge is 0.340 e. The summed E-state index contributed by atoms with van der Waals surface area (Å²) in [4.78, 5) is 36.3. The molecule has 0 aliphatic rings. The molecule has 2 heterocycles. The highest BCUT2D eigenvalue weighted by Crippen LogP contribution is 2.19. The number of ether oxygens (including phenoxy) is 1. The van der Waals surface area contributed by atoms with Gasteiger partial charge in [0, 0.05) is 18.8 Å². The van der Waals surface area contributed by atoms with Gasteiger partial charge in [0.05, 0.1) is 16.8 Å². The first-order chi connectivity index (χ1) is 12.8. The molecule has 0 saturated heterocycles. The average molecular weight is 364 g/mol. The van der Waals surface area contributed by atoms with Gasteiger partial charge in [-0.25, -0.2) is 4.79 Å². The molecule has 138 valence electrons. The lowest BCUT2D eigenvalue weighted by Crippen LogP contribution is -2.21. The molecule has 0 radical (unpaired) electrons. The largest absolute Gasteiger partial charge is 0.452 e. The van der Waals surface area contributed by atoms with Crippen LogP contribution in [-0.4, -0.2) is 28.7 Å². The number of anilines is 1. The van der Waals surface area contributed by atoms with Crippen molar-refractivity contribution in [2.45, 2.75) is 20.8 Å². The highest BCUT2D eigenvalue weighted by molar-refractivity contribution is 6.04. The van der Waals surface area contributed by atoms with Crippen molar-refractivity contribution in [3.05, 3.63) is 71.0 Å². The molecule has 2 aromatic heterocycles. The molecule has 0 saturated carbocycles. The SMILES string of the molecule is CC(=O)c1cc(C(=O)OCC(=O)Nc2cc(C)cc(C)c2)c2ccccn12. The molecule has 0 fully saturated rings. The van der Waals surface area contributed by atoms with Gasteiger partial charge < -0.3 is 14.5 Å². The molecular formula is C21H20N2O4. The number of aryl methyl sites for hydroxylation is 2. The molecule has 0 aliphatic carbocycles. The number of ketones is 1. The molecule has 27 heavy (non-hydrogen) atoms. The van der Waals surface area contributed by atoms with E-state index in [9.17, 15) is 14.4 Å². The number of hydrogen-bond donors (Lipinski definition) is 1. The van der Waals surface area contributed by atoms with Gasteiger partial charge >= 0.3 is 5.97 Å². The predicted molar refractivity (Wildman–Crippen MR) is 102 cm³/mol. The number of carbonyl (C=O) groups is 3. The Labute approximate surface area is 156 Å². The van der Waals surface area contributed by atoms with E-state index in [2.05, 4.69) is 5.32 Å². The van der Waals surface area contributed by atoms with Gasteiger partial charge in [0.1, 0.15) is 0 Å². The molecular weight excluding hydrogens is 344 g/mol. The number of Topliss-reactive ketones (excluding diaryl/α,β-unsaturated/α-hetero) is 1. The van der Waals surface area contributed by atoms with Gasteiger partial charge in [-0.2, -0.15) is 0 Å². The van der Waals surface area contributed by atoms with Gasteiger partial charge in [0.2, 0.25) is 0 Å². The summed E-state index contributed by atoms with van der Waals surface area (Å²) in [6.45, 7) is 4.90. The normalized spacial score (nSPS) is 10.6. The Morgan fingerprint density at radius 3 is 2.41 bits per heavy atom. The second-order valence-corrected chi connectivity index (χ2v) is 6.46. The highest BCUT2D eigenvalue weighted by Gasteiger charge is 2.19. The summed E-state index contributed by atoms with van der Waals surface area (Å²) in [7, 11) is 0. The van der Waals surface area contributed by atoms with Crippen molar-refractivity contribution in [2.24, 2.45) is 0 Å². The molecule has 6 nitrogen and oxygen atoms in total. The molecule has 0 spiro atoms. The molecule has 0 atom stereocenters. The van der Waals surface area contributed by atoms with Crippen LogP contribution in [0.2, 0.25) is 0 Å². The van der Waals surface area contributed by atoms with E-state index in [1.807, 2.05) is 32.0 Å². The van der Waals surface area contributed by atoms with E-state index in [-0.39, 0.29) is 11.3 Å². The molecule has 3 aromatic rings. The summed E-state index contributed by atoms with van der Waals surface area (Å²) in [5, 5.41) is 2.72. The minimum Gasteiger partial charge on any atom is -0.452 e. The summed E-state index contributed by atoms with van der Waals surface area (Å²) in [6, 6.07) is 12.4. The average Bonchev–Trinajstić information content (AvgIpc) is 2.99. The Morgan fingerprint density at radius 2 is 1.74 bits per heavy atom. The number of carbonyl (C=O) groups excluding carboxylic acids is 3. The maximum absolute atomic E-state index is 12.4. The molecule has 3 rings (SSSR count). The standard InChI is InChI=1S/C21H20N2O4/c1-13-8-14(2)10-16(9-13)22-20(25)12-27-21(26)17-11-19(15(3)24)23-7-5-4-6-18(17)23/h4-11H,12H2,1-3H3,(H,22,25). The van der Waals surface area contributed by atoms with E-state index >= 15 is 0 Å². The van der Waals surface area contributed by atoms with E-state index in [0.717, 1.165) is 11.1 Å². The summed E-state index contributed by atoms with van der Waals surface area (Å²) in [5.41, 5.74) is 3.90. The summed E-state index contributed by atoms with van der Waals surface area (Å²) < 4.78 is 6.78. The highest BCUT2D eigenvalue weighted by atomic mass is 16.5. The number of hydrogen-bond acceptors (Lipinski definition) is 4. The van der Waals surface area contributed by atoms with Gasteiger partial charge in [0.25, 0.3) is 5.91 Å². The number of nitrogens with one attached hydrogen (secondary N) is 1. The number of nitrogens with zero attached hydrogens (tertiary/aromatic N) is 1. The lowest BCUT2D eigenvalue weighted by Gasteiger charge is -2.08. The van der Waals surface area contributed by atoms with Crippen molar-refractivity contribution in [2.75, 3.05) is 11.9 Å². The number of fused-ring (bicyclic) bond motifs is 1. The number of aromatic nitrogens is 1. The summed E-state index contributed by atoms with van der Waals surface area (Å²) >= 11 is 0. The molecule has 1 amide bonds. The second kappa shape index (κ2) is 7.45. The van der Waals surface area contributed by atoms with Crippen molar-refractivity contribution in [1.29, 1.82) is 0 Å². The monoisotopic (exact) mass is 364 g/mol. The van der Waals surface area contributed by atoms with Crippen molar-refractivity contribution < 1.29 is 19.1 Å². The maximum atomic E-state index is 12.4. The van der Waals surface area contributed by atoms with Crippen LogP contribution in [0.25, 0.3) is 5.52 Å². The van der Waals surface area contributed by atoms with Crippen LogP contribution in [0.15, 0.2) is 48.7 Å². The quantitative estimate of drug-likeness (QED) is 0.555. The van der Waals surface area contributed by atoms with Crippen LogP contribution in [0.5, 0.6) is 0 Å². The van der Waals surface area contributed by atoms with Gasteiger partial charge in [0.15, 0.2) is 12.4 Å². The molecule has 6 heteroatoms. The van der Waals surface area contributed by atoms with Gasteiger partial charge in [-0.15, -0.1) is 0 Å². The van der Waals surface area contributed by atoms with E-state index in [0.29, 0.717) is 16.9 Å². The molecule has 1 N–H and O–H groups in total. The summed E-state index contributed by atoms with van der Waals surface area (Å²) in [5.74, 6) is -1.24. The van der Waals surface area contributed by atoms with E-state index < -0.39 is 18.5 Å². The molecule has 0 bridgehead atoms. The first-order valence-corrected chi connectivity index (χ1v) is 8.51. The zero-order valence-electron chi connectivity index (χ0n) is 15.4. The third-order valence-corrected chi connectivity index (χ3v) is 4.10. The molecule has 0 unspecified atom stereocenters. The Balaban J connectivity index is 1.72. The van der Waals surface area contributed by atoms with Crippen molar-refractivity contribution in [3.8, 4) is 0 Å². The number of esters is 1. The topological polar surface area (TPSA) is 76.9 Å². The fourth-order valence-corrected chi connectivity index (χ4v) is 3.04. The molecule has 0 aliphatic heterocycles. The predicted octanol–water partition coefficient (Wildman–Crippen LogP) is 3.55. The Bertz CT molecular complexity index is 1030. The van der Waals surface area contributed by atoms with E-state index in [1.165, 1.54) is 13.0 Å². The minimum atomic E-state index is -0.651. The van der Waals surface area contributed by atoms with Crippen LogP contribution in [-0.2, 0) is 9.53 Å². The Morgan fingerprint density at radius 1 is 1.04 bits per heavy atom. The van der Waals surface area contributed by atoms with Crippen molar-refractivity contribution in [1.82, 2.24) is 4.40 Å². The lowest BCUT2D eigenvalue weighted by atomic mass is 10.1. The lowest BCUT2D eigenvalue weighted by molar-refractivity contribution is -0.119. The first-order valence-electron chi connectivity index (χ1n) is 8.51. The Hall–Kier alpha value is -3.41. The minimum absolute atomic E-state index is 0.164. The fraction of sp³-hybridized carbons (Fsp3) is 0.190. The zero-order chi connectivity index (χ0) is 19.6. The zero-order valence-corrected chi connectivity index (χ0v) is 15.4. The van der Waals surface area contributed by atoms with Gasteiger partial charge in [-0.05, 0) is 55.3 Å². The van der Waals surface area contributed by atoms with Crippen LogP contribution in [0.1, 0.15) is 38.9 Å². The van der Waals surface area contributed by atoms with Gasteiger partial charge in [-0.3, -0.25) is 9.59 Å². The van der Waals surface area contributed by atoms with Crippen LogP contribution in [0.4, 0.5) is 5.69 Å². The number of rotatable bonds is 5. The van der Waals surface area contributed by atoms with Crippen molar-refractivity contribution >= 4 is 28.9 Å². The van der Waals surface area contributed by atoms with Crippen LogP contribution >= 0.6 is 0 Å². The van der Waals surface area contributed by atoms with Gasteiger partial charge in [-0.1, -0.05) is 12.1 Å². The van der Waals surface area contributed by atoms with E-state index in [4.69, 9.17) is 4.74 Å². The van der Waals surface area contributed by atoms with Crippen molar-refractivity contribution in [3.63, 3.8) is 0 Å².